The molecule has 3 heterocycles. The monoisotopic (exact) mass is 400 g/mol. The molecule has 3 aliphatic heterocycles. The van der Waals surface area contributed by atoms with Gasteiger partial charge < -0.3 is 14.8 Å². The molecule has 3 saturated heterocycles. The van der Waals surface area contributed by atoms with E-state index >= 15 is 0 Å². The molecule has 154 valence electrons. The third-order valence-corrected chi connectivity index (χ3v) is 6.78. The molecule has 0 amide bonds. The van der Waals surface area contributed by atoms with Crippen LogP contribution in [0.4, 0.5) is 8.78 Å². The topological polar surface area (TPSA) is 33.7 Å². The molecule has 29 heavy (non-hydrogen) atoms. The van der Waals surface area contributed by atoms with Crippen molar-refractivity contribution in [3.8, 4) is 0 Å². The first-order valence-corrected chi connectivity index (χ1v) is 10.3. The lowest BCUT2D eigenvalue weighted by Gasteiger charge is -2.48. The molecular formula is C23H26F2N2O2. The number of nitrogens with zero attached hydrogens (tertiary/aromatic N) is 1. The van der Waals surface area contributed by atoms with Gasteiger partial charge in [0, 0.05) is 26.1 Å². The fraction of sp³-hybridized carbons (Fsp3) is 0.478. The number of nitrogens with one attached hydrogen (secondary N) is 1. The molecule has 4 nitrogen and oxygen atoms in total. The summed E-state index contributed by atoms with van der Waals surface area (Å²) in [4.78, 5) is 2.40. The fourth-order valence-electron chi connectivity index (χ4n) is 5.37. The van der Waals surface area contributed by atoms with E-state index in [0.29, 0.717) is 13.2 Å². The van der Waals surface area contributed by atoms with Crippen LogP contribution >= 0.6 is 0 Å². The van der Waals surface area contributed by atoms with Gasteiger partial charge in [-0.2, -0.15) is 0 Å². The number of rotatable bonds is 3. The van der Waals surface area contributed by atoms with E-state index in [9.17, 15) is 8.78 Å². The Balaban J connectivity index is 1.50. The minimum atomic E-state index is -0.525. The van der Waals surface area contributed by atoms with E-state index in [1.165, 1.54) is 24.3 Å². The van der Waals surface area contributed by atoms with Crippen LogP contribution in [0.15, 0.2) is 48.5 Å². The fourth-order valence-corrected chi connectivity index (χ4v) is 5.37. The maximum atomic E-state index is 13.6. The Morgan fingerprint density at radius 2 is 1.45 bits per heavy atom. The van der Waals surface area contributed by atoms with E-state index in [2.05, 4.69) is 10.2 Å². The van der Waals surface area contributed by atoms with Gasteiger partial charge in [0.2, 0.25) is 0 Å². The van der Waals surface area contributed by atoms with Crippen molar-refractivity contribution < 1.29 is 18.3 Å². The number of hydrogen-bond donors (Lipinski definition) is 1. The summed E-state index contributed by atoms with van der Waals surface area (Å²) in [6, 6.07) is 13.2. The smallest absolute Gasteiger partial charge is 0.177 e. The molecule has 1 unspecified atom stereocenters. The van der Waals surface area contributed by atoms with E-state index in [1.54, 1.807) is 0 Å². The largest absolute Gasteiger partial charge is 0.347 e. The minimum absolute atomic E-state index is 0.0732. The maximum Gasteiger partial charge on any atom is 0.177 e. The van der Waals surface area contributed by atoms with Crippen molar-refractivity contribution >= 4 is 0 Å². The Hall–Kier alpha value is -1.86. The zero-order chi connectivity index (χ0) is 19.9. The molecule has 2 spiro atoms. The van der Waals surface area contributed by atoms with Crippen molar-refractivity contribution in [2.45, 2.75) is 24.7 Å². The van der Waals surface area contributed by atoms with Gasteiger partial charge in [0.25, 0.3) is 0 Å². The van der Waals surface area contributed by atoms with Crippen LogP contribution in [0.25, 0.3) is 0 Å². The van der Waals surface area contributed by atoms with E-state index in [4.69, 9.17) is 9.47 Å². The molecule has 0 aliphatic carbocycles. The molecule has 2 aromatic carbocycles. The molecule has 3 fully saturated rings. The number of hydrogen-bond acceptors (Lipinski definition) is 4. The molecule has 2 aromatic rings. The normalized spacial score (nSPS) is 26.7. The van der Waals surface area contributed by atoms with Crippen LogP contribution in [0.2, 0.25) is 0 Å². The zero-order valence-corrected chi connectivity index (χ0v) is 16.4. The van der Waals surface area contributed by atoms with Crippen molar-refractivity contribution in [1.82, 2.24) is 10.2 Å². The molecule has 1 N–H and O–H groups in total. The Kier molecular flexibility index (Phi) is 4.90. The second-order valence-electron chi connectivity index (χ2n) is 8.38. The Morgan fingerprint density at radius 1 is 0.862 bits per heavy atom. The van der Waals surface area contributed by atoms with Crippen molar-refractivity contribution in [3.05, 3.63) is 71.3 Å². The van der Waals surface area contributed by atoms with Crippen molar-refractivity contribution in [2.24, 2.45) is 5.41 Å². The zero-order valence-electron chi connectivity index (χ0n) is 16.4. The van der Waals surface area contributed by atoms with E-state index < -0.39 is 5.79 Å². The van der Waals surface area contributed by atoms with Gasteiger partial charge in [0.1, 0.15) is 11.6 Å². The van der Waals surface area contributed by atoms with Gasteiger partial charge in [-0.3, -0.25) is 4.90 Å². The predicted molar refractivity (Wildman–Crippen MR) is 105 cm³/mol. The Labute approximate surface area is 169 Å². The molecular weight excluding hydrogens is 374 g/mol. The molecule has 0 aromatic heterocycles. The average Bonchev–Trinajstić information content (AvgIpc) is 3.37. The van der Waals surface area contributed by atoms with Gasteiger partial charge in [-0.1, -0.05) is 24.3 Å². The summed E-state index contributed by atoms with van der Waals surface area (Å²) >= 11 is 0. The van der Waals surface area contributed by atoms with Crippen molar-refractivity contribution in [2.75, 3.05) is 39.4 Å². The first-order valence-electron chi connectivity index (χ1n) is 10.3. The molecule has 0 bridgehead atoms. The minimum Gasteiger partial charge on any atom is -0.347 e. The van der Waals surface area contributed by atoms with Crippen molar-refractivity contribution in [1.29, 1.82) is 0 Å². The van der Waals surface area contributed by atoms with Crippen LogP contribution in [0.5, 0.6) is 0 Å². The summed E-state index contributed by atoms with van der Waals surface area (Å²) < 4.78 is 39.5. The number of ether oxygens (including phenoxy) is 2. The first kappa shape index (κ1) is 19.1. The molecule has 1 atom stereocenters. The van der Waals surface area contributed by atoms with Gasteiger partial charge in [0.15, 0.2) is 5.79 Å². The van der Waals surface area contributed by atoms with Gasteiger partial charge in [-0.05, 0) is 48.4 Å². The van der Waals surface area contributed by atoms with E-state index in [1.807, 2.05) is 24.3 Å². The summed E-state index contributed by atoms with van der Waals surface area (Å²) in [5.41, 5.74) is 1.88. The second kappa shape index (κ2) is 7.43. The molecule has 6 heteroatoms. The van der Waals surface area contributed by atoms with Crippen LogP contribution < -0.4 is 5.32 Å². The third kappa shape index (κ3) is 3.28. The summed E-state index contributed by atoms with van der Waals surface area (Å²) in [6.45, 7) is 4.70. The van der Waals surface area contributed by atoms with Crippen LogP contribution in [-0.2, 0) is 9.47 Å². The average molecular weight is 400 g/mol. The number of benzene rings is 2. The Bertz CT molecular complexity index is 807. The summed E-state index contributed by atoms with van der Waals surface area (Å²) in [7, 11) is 0. The van der Waals surface area contributed by atoms with Crippen LogP contribution in [0.3, 0.4) is 0 Å². The highest BCUT2D eigenvalue weighted by atomic mass is 19.1. The highest BCUT2D eigenvalue weighted by Gasteiger charge is 2.60. The highest BCUT2D eigenvalue weighted by Crippen LogP contribution is 2.50. The molecule has 0 saturated carbocycles. The van der Waals surface area contributed by atoms with Gasteiger partial charge >= 0.3 is 0 Å². The number of likely N-dealkylation sites (tertiary alicyclic amines) is 1. The van der Waals surface area contributed by atoms with Crippen LogP contribution in [-0.4, -0.2) is 50.1 Å². The van der Waals surface area contributed by atoms with Gasteiger partial charge in [0.05, 0.1) is 24.7 Å². The maximum absolute atomic E-state index is 13.6. The van der Waals surface area contributed by atoms with E-state index in [0.717, 1.165) is 50.1 Å². The molecule has 3 aliphatic rings. The number of piperidine rings is 1. The Morgan fingerprint density at radius 3 is 2.03 bits per heavy atom. The highest BCUT2D eigenvalue weighted by molar-refractivity contribution is 5.33. The van der Waals surface area contributed by atoms with Crippen LogP contribution in [0.1, 0.15) is 30.0 Å². The SMILES string of the molecule is Fc1ccc(C(c2ccc(F)cc2)N2CCC3(CNCCC34OCCO4)C2)cc1. The third-order valence-electron chi connectivity index (χ3n) is 6.78. The number of fused-ring (bicyclic) bond motifs is 1. The first-order chi connectivity index (χ1) is 14.1. The lowest BCUT2D eigenvalue weighted by atomic mass is 9.74. The van der Waals surface area contributed by atoms with E-state index in [-0.39, 0.29) is 23.1 Å². The van der Waals surface area contributed by atoms with Crippen molar-refractivity contribution in [3.63, 3.8) is 0 Å². The summed E-state index contributed by atoms with van der Waals surface area (Å²) in [5.74, 6) is -1.04. The molecule has 5 rings (SSSR count). The predicted octanol–water partition coefficient (Wildman–Crippen LogP) is 3.48. The van der Waals surface area contributed by atoms with Crippen LogP contribution in [0, 0.1) is 17.0 Å². The summed E-state index contributed by atoms with van der Waals surface area (Å²) in [5, 5.41) is 3.54. The van der Waals surface area contributed by atoms with Gasteiger partial charge in [-0.15, -0.1) is 0 Å². The summed E-state index contributed by atoms with van der Waals surface area (Å²) in [6.07, 6.45) is 1.80. The quantitative estimate of drug-likeness (QED) is 0.855. The number of halogens is 2. The molecule has 0 radical (unpaired) electrons. The lowest BCUT2D eigenvalue weighted by Crippen LogP contribution is -2.60. The van der Waals surface area contributed by atoms with Gasteiger partial charge in [-0.25, -0.2) is 8.78 Å². The standard InChI is InChI=1S/C23H26F2N2O2/c24-19-5-1-17(2-6-19)21(18-3-7-20(25)8-4-18)27-12-10-22(16-27)15-26-11-9-23(22)28-13-14-29-23/h1-8,21,26H,9-16H2. The second-order valence-corrected chi connectivity index (χ2v) is 8.38. The lowest BCUT2D eigenvalue weighted by molar-refractivity contribution is -0.246.